The minimum Gasteiger partial charge on any atom is -0.447 e. The molecule has 0 saturated carbocycles. The normalized spacial score (nSPS) is 12.3. The van der Waals surface area contributed by atoms with Gasteiger partial charge in [0.1, 0.15) is 5.76 Å². The summed E-state index contributed by atoms with van der Waals surface area (Å²) in [5, 5.41) is 3.13. The lowest BCUT2D eigenvalue weighted by Crippen LogP contribution is -2.24. The average Bonchev–Trinajstić information content (AvgIpc) is 2.85. The molecule has 0 bridgehead atoms. The molecule has 0 aromatic carbocycles. The van der Waals surface area contributed by atoms with Crippen LogP contribution >= 0.6 is 0 Å². The first-order valence-electron chi connectivity index (χ1n) is 6.50. The van der Waals surface area contributed by atoms with Crippen molar-refractivity contribution in [2.45, 2.75) is 38.3 Å². The molecule has 2 N–H and O–H groups in total. The van der Waals surface area contributed by atoms with Gasteiger partial charge in [-0.3, -0.25) is 0 Å². The van der Waals surface area contributed by atoms with E-state index < -0.39 is 10.0 Å². The van der Waals surface area contributed by atoms with E-state index >= 15 is 0 Å². The van der Waals surface area contributed by atoms with Crippen molar-refractivity contribution in [3.05, 3.63) is 30.0 Å². The molecular formula is C13H22N2O3S. The van der Waals surface area contributed by atoms with Gasteiger partial charge in [0.2, 0.25) is 5.09 Å². The van der Waals surface area contributed by atoms with Crippen LogP contribution in [0.5, 0.6) is 0 Å². The van der Waals surface area contributed by atoms with Crippen molar-refractivity contribution in [1.82, 2.24) is 10.0 Å². The van der Waals surface area contributed by atoms with Crippen LogP contribution in [0, 0.1) is 0 Å². The molecule has 0 saturated heterocycles. The predicted molar refractivity (Wildman–Crippen MR) is 75.3 cm³/mol. The summed E-state index contributed by atoms with van der Waals surface area (Å²) in [6, 6.07) is 3.17. The number of hydrogen-bond acceptors (Lipinski definition) is 4. The number of allylic oxidation sites excluding steroid dienone is 1. The lowest BCUT2D eigenvalue weighted by atomic mass is 10.4. The van der Waals surface area contributed by atoms with Crippen LogP contribution < -0.4 is 10.0 Å². The van der Waals surface area contributed by atoms with E-state index in [2.05, 4.69) is 17.0 Å². The highest BCUT2D eigenvalue weighted by molar-refractivity contribution is 7.89. The van der Waals surface area contributed by atoms with E-state index in [9.17, 15) is 8.42 Å². The van der Waals surface area contributed by atoms with Crippen LogP contribution in [0.25, 0.3) is 0 Å². The summed E-state index contributed by atoms with van der Waals surface area (Å²) in [6.45, 7) is 5.76. The molecule has 0 aliphatic rings. The Morgan fingerprint density at radius 3 is 2.79 bits per heavy atom. The maximum absolute atomic E-state index is 11.9. The fourth-order valence-corrected chi connectivity index (χ4v) is 2.49. The summed E-state index contributed by atoms with van der Waals surface area (Å²) < 4.78 is 31.6. The first kappa shape index (κ1) is 15.9. The summed E-state index contributed by atoms with van der Waals surface area (Å²) in [7, 11) is -3.53. The first-order valence-corrected chi connectivity index (χ1v) is 7.98. The van der Waals surface area contributed by atoms with E-state index in [0.29, 0.717) is 25.3 Å². The van der Waals surface area contributed by atoms with Crippen molar-refractivity contribution >= 4 is 10.0 Å². The summed E-state index contributed by atoms with van der Waals surface area (Å²) in [5.41, 5.74) is 0. The number of sulfonamides is 1. The van der Waals surface area contributed by atoms with Gasteiger partial charge < -0.3 is 9.73 Å². The van der Waals surface area contributed by atoms with Gasteiger partial charge in [-0.05, 0) is 38.4 Å². The number of furan rings is 1. The van der Waals surface area contributed by atoms with Crippen molar-refractivity contribution in [2.24, 2.45) is 0 Å². The number of hydrogen-bond donors (Lipinski definition) is 2. The molecule has 0 fully saturated rings. The maximum Gasteiger partial charge on any atom is 0.273 e. The molecule has 1 aromatic heterocycles. The Morgan fingerprint density at radius 1 is 1.32 bits per heavy atom. The Hall–Kier alpha value is -1.11. The van der Waals surface area contributed by atoms with Crippen LogP contribution in [-0.2, 0) is 16.6 Å². The predicted octanol–water partition coefficient (Wildman–Crippen LogP) is 2.02. The average molecular weight is 286 g/mol. The van der Waals surface area contributed by atoms with E-state index in [1.54, 1.807) is 6.07 Å². The quantitative estimate of drug-likeness (QED) is 0.538. The molecule has 0 radical (unpaired) electrons. The third kappa shape index (κ3) is 5.59. The van der Waals surface area contributed by atoms with E-state index in [1.165, 1.54) is 6.07 Å². The Balaban J connectivity index is 2.53. The van der Waals surface area contributed by atoms with E-state index in [0.717, 1.165) is 13.0 Å². The second kappa shape index (κ2) is 8.14. The van der Waals surface area contributed by atoms with Crippen LogP contribution in [0.1, 0.15) is 32.4 Å². The standard InChI is InChI=1S/C13H22N2O3S/c1-3-5-6-10-15-19(16,17)13-8-7-12(18-13)11-14-9-4-2/h3,5,7-8,14-15H,4,6,9-11H2,1-2H3/b5-3+. The molecule has 1 rings (SSSR count). The molecule has 1 heterocycles. The van der Waals surface area contributed by atoms with Gasteiger partial charge in [0.05, 0.1) is 6.54 Å². The molecule has 0 aliphatic heterocycles. The highest BCUT2D eigenvalue weighted by atomic mass is 32.2. The number of nitrogens with one attached hydrogen (secondary N) is 2. The summed E-state index contributed by atoms with van der Waals surface area (Å²) in [6.07, 6.45) is 5.49. The van der Waals surface area contributed by atoms with Gasteiger partial charge in [-0.2, -0.15) is 0 Å². The Bertz CT molecular complexity index is 492. The van der Waals surface area contributed by atoms with Crippen LogP contribution in [0.15, 0.2) is 33.8 Å². The molecule has 0 unspecified atom stereocenters. The second-order valence-corrected chi connectivity index (χ2v) is 5.85. The van der Waals surface area contributed by atoms with Crippen LogP contribution in [0.4, 0.5) is 0 Å². The van der Waals surface area contributed by atoms with Gasteiger partial charge >= 0.3 is 0 Å². The lowest BCUT2D eigenvalue weighted by molar-refractivity contribution is 0.400. The molecule has 5 nitrogen and oxygen atoms in total. The zero-order valence-electron chi connectivity index (χ0n) is 11.5. The Kier molecular flexibility index (Phi) is 6.83. The van der Waals surface area contributed by atoms with Gasteiger partial charge in [0, 0.05) is 6.54 Å². The number of rotatable bonds is 9. The highest BCUT2D eigenvalue weighted by Gasteiger charge is 2.17. The van der Waals surface area contributed by atoms with Gasteiger partial charge in [-0.25, -0.2) is 13.1 Å². The van der Waals surface area contributed by atoms with Crippen LogP contribution in [-0.4, -0.2) is 21.5 Å². The molecule has 6 heteroatoms. The molecule has 19 heavy (non-hydrogen) atoms. The summed E-state index contributed by atoms with van der Waals surface area (Å²) in [5.74, 6) is 0.627. The minimum absolute atomic E-state index is 0.0266. The Labute approximate surface area is 115 Å². The molecule has 1 aromatic rings. The highest BCUT2D eigenvalue weighted by Crippen LogP contribution is 2.13. The van der Waals surface area contributed by atoms with E-state index in [1.807, 2.05) is 19.1 Å². The largest absolute Gasteiger partial charge is 0.447 e. The first-order chi connectivity index (χ1) is 9.10. The molecule has 0 amide bonds. The van der Waals surface area contributed by atoms with E-state index in [-0.39, 0.29) is 5.09 Å². The monoisotopic (exact) mass is 286 g/mol. The lowest BCUT2D eigenvalue weighted by Gasteiger charge is -2.02. The Morgan fingerprint density at radius 2 is 2.11 bits per heavy atom. The zero-order valence-corrected chi connectivity index (χ0v) is 12.3. The smallest absolute Gasteiger partial charge is 0.273 e. The fourth-order valence-electron chi connectivity index (χ4n) is 1.50. The SMILES string of the molecule is C/C=C/CCNS(=O)(=O)c1ccc(CNCCC)o1. The zero-order chi connectivity index (χ0) is 14.1. The van der Waals surface area contributed by atoms with Crippen molar-refractivity contribution in [3.8, 4) is 0 Å². The maximum atomic E-state index is 11.9. The summed E-state index contributed by atoms with van der Waals surface area (Å²) >= 11 is 0. The topological polar surface area (TPSA) is 71.3 Å². The third-order valence-electron chi connectivity index (χ3n) is 2.47. The van der Waals surface area contributed by atoms with Crippen molar-refractivity contribution in [2.75, 3.05) is 13.1 Å². The molecule has 0 aliphatic carbocycles. The van der Waals surface area contributed by atoms with Crippen LogP contribution in [0.2, 0.25) is 0 Å². The van der Waals surface area contributed by atoms with E-state index in [4.69, 9.17) is 4.42 Å². The van der Waals surface area contributed by atoms with Gasteiger partial charge in [-0.15, -0.1) is 0 Å². The van der Waals surface area contributed by atoms with Gasteiger partial charge in [0.25, 0.3) is 10.0 Å². The second-order valence-electron chi connectivity index (χ2n) is 4.15. The molecule has 0 atom stereocenters. The van der Waals surface area contributed by atoms with Gasteiger partial charge in [-0.1, -0.05) is 19.1 Å². The van der Waals surface area contributed by atoms with Crippen molar-refractivity contribution in [3.63, 3.8) is 0 Å². The third-order valence-corrected chi connectivity index (χ3v) is 3.80. The molecular weight excluding hydrogens is 264 g/mol. The van der Waals surface area contributed by atoms with Crippen molar-refractivity contribution < 1.29 is 12.8 Å². The summed E-state index contributed by atoms with van der Waals surface area (Å²) in [4.78, 5) is 0. The molecule has 0 spiro atoms. The van der Waals surface area contributed by atoms with Crippen LogP contribution in [0.3, 0.4) is 0 Å². The van der Waals surface area contributed by atoms with Crippen molar-refractivity contribution in [1.29, 1.82) is 0 Å². The molecule has 108 valence electrons. The van der Waals surface area contributed by atoms with Gasteiger partial charge in [0.15, 0.2) is 0 Å². The fraction of sp³-hybridized carbons (Fsp3) is 0.538. The minimum atomic E-state index is -3.53.